The first-order valence-corrected chi connectivity index (χ1v) is 6.12. The van der Waals surface area contributed by atoms with E-state index >= 15 is 0 Å². The number of benzene rings is 1. The molecule has 1 nitrogen and oxygen atoms in total. The summed E-state index contributed by atoms with van der Waals surface area (Å²) in [7, 11) is 0. The summed E-state index contributed by atoms with van der Waals surface area (Å²) in [5, 5.41) is 0. The van der Waals surface area contributed by atoms with Crippen LogP contribution in [-0.4, -0.2) is 12.5 Å². The molecule has 0 unspecified atom stereocenters. The molecule has 0 atom stereocenters. The molecular weight excluding hydrogens is 186 g/mol. The van der Waals surface area contributed by atoms with Crippen molar-refractivity contribution in [1.29, 1.82) is 0 Å². The first-order chi connectivity index (χ1) is 5.73. The van der Waals surface area contributed by atoms with Crippen molar-refractivity contribution in [2.45, 2.75) is 4.20 Å². The molecule has 0 aliphatic rings. The summed E-state index contributed by atoms with van der Waals surface area (Å²) in [6.45, 7) is 0. The molecule has 0 spiro atoms. The predicted molar refractivity (Wildman–Crippen MR) is 59.3 cm³/mol. The van der Waals surface area contributed by atoms with Gasteiger partial charge in [0, 0.05) is 0 Å². The van der Waals surface area contributed by atoms with Crippen LogP contribution in [0.3, 0.4) is 0 Å². The van der Waals surface area contributed by atoms with E-state index in [2.05, 4.69) is 12.1 Å². The van der Waals surface area contributed by atoms with Gasteiger partial charge in [-0.1, -0.05) is 30.3 Å². The van der Waals surface area contributed by atoms with E-state index in [1.54, 1.807) is 23.5 Å². The minimum absolute atomic E-state index is 0.290. The molecule has 0 bridgehead atoms. The molecule has 0 saturated carbocycles. The summed E-state index contributed by atoms with van der Waals surface area (Å²) in [5.41, 5.74) is 7.32. The van der Waals surface area contributed by atoms with E-state index in [-0.39, 0.29) is 4.20 Å². The Kier molecular flexibility index (Phi) is 3.50. The van der Waals surface area contributed by atoms with Gasteiger partial charge in [-0.05, 0) is 18.1 Å². The Labute approximate surface area is 82.1 Å². The van der Waals surface area contributed by atoms with Gasteiger partial charge in [0.1, 0.15) is 4.20 Å². The molecule has 0 radical (unpaired) electrons. The predicted octanol–water partition coefficient (Wildman–Crippen LogP) is 2.48. The van der Waals surface area contributed by atoms with Gasteiger partial charge in [-0.3, -0.25) is 0 Å². The van der Waals surface area contributed by atoms with Gasteiger partial charge in [-0.2, -0.15) is 0 Å². The van der Waals surface area contributed by atoms with Crippen LogP contribution in [0.25, 0.3) is 0 Å². The van der Waals surface area contributed by atoms with E-state index in [0.29, 0.717) is 0 Å². The molecule has 0 saturated heterocycles. The second kappa shape index (κ2) is 4.21. The van der Waals surface area contributed by atoms with Crippen molar-refractivity contribution in [3.05, 3.63) is 35.9 Å². The van der Waals surface area contributed by atoms with Gasteiger partial charge in [-0.25, -0.2) is 0 Å². The minimum Gasteiger partial charge on any atom is -0.305 e. The van der Waals surface area contributed by atoms with Crippen LogP contribution in [-0.2, 0) is 4.20 Å². The summed E-state index contributed by atoms with van der Waals surface area (Å²) in [5.74, 6) is 0. The number of rotatable bonds is 3. The van der Waals surface area contributed by atoms with Crippen LogP contribution >= 0.6 is 23.5 Å². The summed E-state index contributed by atoms with van der Waals surface area (Å²) in [4.78, 5) is 0. The molecule has 1 aromatic rings. The zero-order chi connectivity index (χ0) is 9.03. The molecule has 0 aliphatic carbocycles. The lowest BCUT2D eigenvalue weighted by Gasteiger charge is -2.25. The summed E-state index contributed by atoms with van der Waals surface area (Å²) in [6, 6.07) is 10.2. The average Bonchev–Trinajstić information content (AvgIpc) is 2.18. The maximum absolute atomic E-state index is 6.14. The average molecular weight is 199 g/mol. The van der Waals surface area contributed by atoms with Gasteiger partial charge in [0.2, 0.25) is 0 Å². The van der Waals surface area contributed by atoms with E-state index in [1.165, 1.54) is 5.56 Å². The second-order valence-corrected chi connectivity index (χ2v) is 4.80. The molecule has 1 rings (SSSR count). The maximum Gasteiger partial charge on any atom is 0.134 e. The molecule has 1 aromatic carbocycles. The van der Waals surface area contributed by atoms with Crippen molar-refractivity contribution < 1.29 is 0 Å². The summed E-state index contributed by atoms with van der Waals surface area (Å²) >= 11 is 3.33. The lowest BCUT2D eigenvalue weighted by Crippen LogP contribution is -2.27. The molecule has 12 heavy (non-hydrogen) atoms. The second-order valence-electron chi connectivity index (χ2n) is 2.44. The van der Waals surface area contributed by atoms with Crippen molar-refractivity contribution in [2.75, 3.05) is 12.5 Å². The van der Waals surface area contributed by atoms with Crippen molar-refractivity contribution in [3.8, 4) is 0 Å². The third-order valence-corrected chi connectivity index (χ3v) is 4.47. The van der Waals surface area contributed by atoms with E-state index < -0.39 is 0 Å². The zero-order valence-corrected chi connectivity index (χ0v) is 8.91. The molecule has 2 N–H and O–H groups in total. The number of nitrogens with two attached hydrogens (primary N) is 1. The van der Waals surface area contributed by atoms with E-state index in [1.807, 2.05) is 30.7 Å². The number of hydrogen-bond acceptors (Lipinski definition) is 3. The van der Waals surface area contributed by atoms with Crippen LogP contribution in [0, 0.1) is 0 Å². The Balaban J connectivity index is 2.95. The van der Waals surface area contributed by atoms with Crippen LogP contribution < -0.4 is 5.73 Å². The molecule has 66 valence electrons. The highest BCUT2D eigenvalue weighted by molar-refractivity contribution is 8.16. The van der Waals surface area contributed by atoms with Gasteiger partial charge in [0.05, 0.1) is 0 Å². The summed E-state index contributed by atoms with van der Waals surface area (Å²) < 4.78 is -0.290. The lowest BCUT2D eigenvalue weighted by molar-refractivity contribution is 0.956. The Bertz CT molecular complexity index is 232. The fourth-order valence-electron chi connectivity index (χ4n) is 0.989. The highest BCUT2D eigenvalue weighted by atomic mass is 32.2. The fraction of sp³-hybridized carbons (Fsp3) is 0.333. The maximum atomic E-state index is 6.14. The van der Waals surface area contributed by atoms with Crippen molar-refractivity contribution in [1.82, 2.24) is 0 Å². The third-order valence-electron chi connectivity index (χ3n) is 1.78. The molecular formula is C9H13NS2. The third kappa shape index (κ3) is 1.97. The normalized spacial score (nSPS) is 11.6. The van der Waals surface area contributed by atoms with Gasteiger partial charge >= 0.3 is 0 Å². The van der Waals surface area contributed by atoms with Gasteiger partial charge in [0.25, 0.3) is 0 Å². The standard InChI is InChI=1S/C9H13NS2/c1-11-9(10,12-2)8-6-4-3-5-7-8/h3-7H,10H2,1-2H3. The Morgan fingerprint density at radius 1 is 1.08 bits per heavy atom. The molecule has 0 fully saturated rings. The Morgan fingerprint density at radius 2 is 1.58 bits per heavy atom. The van der Waals surface area contributed by atoms with Crippen LogP contribution in [0.1, 0.15) is 5.56 Å². The topological polar surface area (TPSA) is 26.0 Å². The highest BCUT2D eigenvalue weighted by Gasteiger charge is 2.23. The number of thioether (sulfide) groups is 2. The van der Waals surface area contributed by atoms with Crippen LogP contribution in [0.15, 0.2) is 30.3 Å². The molecule has 0 heterocycles. The van der Waals surface area contributed by atoms with Gasteiger partial charge < -0.3 is 5.73 Å². The first-order valence-electron chi connectivity index (χ1n) is 3.67. The van der Waals surface area contributed by atoms with E-state index in [9.17, 15) is 0 Å². The number of hydrogen-bond donors (Lipinski definition) is 1. The van der Waals surface area contributed by atoms with Crippen molar-refractivity contribution in [3.63, 3.8) is 0 Å². The smallest absolute Gasteiger partial charge is 0.134 e. The van der Waals surface area contributed by atoms with Crippen molar-refractivity contribution >= 4 is 23.5 Å². The summed E-state index contributed by atoms with van der Waals surface area (Å²) in [6.07, 6.45) is 4.06. The minimum atomic E-state index is -0.290. The van der Waals surface area contributed by atoms with Crippen LogP contribution in [0.5, 0.6) is 0 Å². The monoisotopic (exact) mass is 199 g/mol. The van der Waals surface area contributed by atoms with Crippen LogP contribution in [0.4, 0.5) is 0 Å². The zero-order valence-electron chi connectivity index (χ0n) is 7.28. The van der Waals surface area contributed by atoms with E-state index in [0.717, 1.165) is 0 Å². The molecule has 0 aliphatic heterocycles. The van der Waals surface area contributed by atoms with Gasteiger partial charge in [-0.15, -0.1) is 23.5 Å². The first kappa shape index (κ1) is 9.96. The van der Waals surface area contributed by atoms with Crippen LogP contribution in [0.2, 0.25) is 0 Å². The molecule has 0 aromatic heterocycles. The van der Waals surface area contributed by atoms with Crippen molar-refractivity contribution in [2.24, 2.45) is 5.73 Å². The molecule has 3 heteroatoms. The quantitative estimate of drug-likeness (QED) is 0.757. The largest absolute Gasteiger partial charge is 0.305 e. The highest BCUT2D eigenvalue weighted by Crippen LogP contribution is 2.37. The fourth-order valence-corrected chi connectivity index (χ4v) is 2.40. The lowest BCUT2D eigenvalue weighted by atomic mass is 10.2. The van der Waals surface area contributed by atoms with E-state index in [4.69, 9.17) is 5.73 Å². The van der Waals surface area contributed by atoms with Gasteiger partial charge in [0.15, 0.2) is 0 Å². The SMILES string of the molecule is CSC(N)(SC)c1ccccc1. The molecule has 0 amide bonds. The Morgan fingerprint density at radius 3 is 2.00 bits per heavy atom. The Hall–Kier alpha value is -0.120.